The molecule has 0 radical (unpaired) electrons. The molecule has 1 atom stereocenters. The number of β-amino-alcohol motifs (C(OH)–C–C–N with tert-alkyl or cyclic N) is 1. The van der Waals surface area contributed by atoms with Crippen molar-refractivity contribution in [3.8, 4) is 11.5 Å². The standard InChI is InChI=1S/C14H18N4O2/c1-9-6-10(2)11(16-7-9)12-17-13(20-18-12)14(19)4-3-5-15-8-14/h6-7,15,19H,3-5,8H2,1-2H3. The third-order valence-electron chi connectivity index (χ3n) is 3.61. The summed E-state index contributed by atoms with van der Waals surface area (Å²) in [5.41, 5.74) is 1.71. The van der Waals surface area contributed by atoms with Crippen LogP contribution in [0.4, 0.5) is 0 Å². The molecule has 2 N–H and O–H groups in total. The van der Waals surface area contributed by atoms with Crippen LogP contribution in [0, 0.1) is 13.8 Å². The van der Waals surface area contributed by atoms with E-state index < -0.39 is 5.60 Å². The monoisotopic (exact) mass is 274 g/mol. The van der Waals surface area contributed by atoms with E-state index in [4.69, 9.17) is 4.52 Å². The van der Waals surface area contributed by atoms with Crippen molar-refractivity contribution in [1.82, 2.24) is 20.4 Å². The predicted molar refractivity (Wildman–Crippen MR) is 73.0 cm³/mol. The van der Waals surface area contributed by atoms with E-state index in [1.807, 2.05) is 19.9 Å². The highest BCUT2D eigenvalue weighted by atomic mass is 16.5. The minimum atomic E-state index is -1.07. The summed E-state index contributed by atoms with van der Waals surface area (Å²) in [4.78, 5) is 8.68. The molecule has 2 aromatic heterocycles. The molecule has 3 heterocycles. The van der Waals surface area contributed by atoms with Crippen LogP contribution in [0.3, 0.4) is 0 Å². The second-order valence-electron chi connectivity index (χ2n) is 5.41. The molecule has 1 aliphatic rings. The number of rotatable bonds is 2. The molecule has 0 spiro atoms. The Morgan fingerprint density at radius 3 is 2.95 bits per heavy atom. The van der Waals surface area contributed by atoms with Crippen molar-refractivity contribution in [1.29, 1.82) is 0 Å². The quantitative estimate of drug-likeness (QED) is 0.859. The lowest BCUT2D eigenvalue weighted by molar-refractivity contribution is -0.0167. The van der Waals surface area contributed by atoms with E-state index in [1.54, 1.807) is 6.20 Å². The third-order valence-corrected chi connectivity index (χ3v) is 3.61. The van der Waals surface area contributed by atoms with Gasteiger partial charge in [0.15, 0.2) is 5.60 Å². The maximum absolute atomic E-state index is 10.5. The molecular weight excluding hydrogens is 256 g/mol. The molecule has 20 heavy (non-hydrogen) atoms. The second-order valence-corrected chi connectivity index (χ2v) is 5.41. The summed E-state index contributed by atoms with van der Waals surface area (Å²) in [6.45, 7) is 5.29. The van der Waals surface area contributed by atoms with Gasteiger partial charge in [0.1, 0.15) is 5.69 Å². The fourth-order valence-corrected chi connectivity index (χ4v) is 2.53. The van der Waals surface area contributed by atoms with Gasteiger partial charge in [0.2, 0.25) is 5.82 Å². The van der Waals surface area contributed by atoms with Crippen LogP contribution in [-0.4, -0.2) is 33.3 Å². The molecule has 6 nitrogen and oxygen atoms in total. The SMILES string of the molecule is Cc1cnc(-c2noc(C3(O)CCCNC3)n2)c(C)c1. The van der Waals surface area contributed by atoms with E-state index in [-0.39, 0.29) is 5.89 Å². The first-order valence-electron chi connectivity index (χ1n) is 6.79. The topological polar surface area (TPSA) is 84.1 Å². The number of aromatic nitrogens is 3. The fraction of sp³-hybridized carbons (Fsp3) is 0.500. The Morgan fingerprint density at radius 1 is 1.40 bits per heavy atom. The number of nitrogens with zero attached hydrogens (tertiary/aromatic N) is 3. The van der Waals surface area contributed by atoms with Crippen LogP contribution >= 0.6 is 0 Å². The normalized spacial score (nSPS) is 22.9. The summed E-state index contributed by atoms with van der Waals surface area (Å²) in [7, 11) is 0. The molecule has 1 aliphatic heterocycles. The van der Waals surface area contributed by atoms with Gasteiger partial charge in [-0.2, -0.15) is 4.98 Å². The van der Waals surface area contributed by atoms with Crippen LogP contribution in [0.1, 0.15) is 29.9 Å². The van der Waals surface area contributed by atoms with E-state index in [9.17, 15) is 5.11 Å². The van der Waals surface area contributed by atoms with E-state index in [1.165, 1.54) is 0 Å². The summed E-state index contributed by atoms with van der Waals surface area (Å²) >= 11 is 0. The largest absolute Gasteiger partial charge is 0.379 e. The van der Waals surface area contributed by atoms with Gasteiger partial charge in [-0.25, -0.2) is 0 Å². The van der Waals surface area contributed by atoms with Crippen LogP contribution in [0.25, 0.3) is 11.5 Å². The molecule has 1 fully saturated rings. The summed E-state index contributed by atoms with van der Waals surface area (Å²) in [5.74, 6) is 0.693. The molecule has 0 saturated carbocycles. The number of hydrogen-bond acceptors (Lipinski definition) is 6. The Labute approximate surface area is 117 Å². The highest BCUT2D eigenvalue weighted by Crippen LogP contribution is 2.28. The molecule has 1 unspecified atom stereocenters. The third kappa shape index (κ3) is 2.32. The first-order valence-corrected chi connectivity index (χ1v) is 6.79. The van der Waals surface area contributed by atoms with Crippen LogP contribution in [-0.2, 0) is 5.60 Å². The minimum absolute atomic E-state index is 0.265. The van der Waals surface area contributed by atoms with Crippen LogP contribution in [0.5, 0.6) is 0 Å². The van der Waals surface area contributed by atoms with Gasteiger partial charge < -0.3 is 14.9 Å². The number of aliphatic hydroxyl groups is 1. The summed E-state index contributed by atoms with van der Waals surface area (Å²) in [5, 5.41) is 17.6. The number of nitrogens with one attached hydrogen (secondary N) is 1. The number of piperidine rings is 1. The van der Waals surface area contributed by atoms with E-state index in [2.05, 4.69) is 20.4 Å². The summed E-state index contributed by atoms with van der Waals surface area (Å²) in [6, 6.07) is 2.02. The fourth-order valence-electron chi connectivity index (χ4n) is 2.53. The lowest BCUT2D eigenvalue weighted by Crippen LogP contribution is -2.43. The Kier molecular flexibility index (Phi) is 3.27. The smallest absolute Gasteiger partial charge is 0.260 e. The average Bonchev–Trinajstić information content (AvgIpc) is 2.90. The van der Waals surface area contributed by atoms with Gasteiger partial charge >= 0.3 is 0 Å². The Balaban J connectivity index is 1.93. The first kappa shape index (κ1) is 13.2. The molecule has 2 aromatic rings. The minimum Gasteiger partial charge on any atom is -0.379 e. The molecule has 0 amide bonds. The lowest BCUT2D eigenvalue weighted by atomic mass is 9.94. The van der Waals surface area contributed by atoms with Crippen molar-refractivity contribution in [2.24, 2.45) is 0 Å². The zero-order chi connectivity index (χ0) is 14.2. The van der Waals surface area contributed by atoms with Gasteiger partial charge in [-0.15, -0.1) is 0 Å². The van der Waals surface area contributed by atoms with Gasteiger partial charge in [-0.1, -0.05) is 11.2 Å². The first-order chi connectivity index (χ1) is 9.58. The molecule has 0 aromatic carbocycles. The molecule has 0 bridgehead atoms. The molecule has 1 saturated heterocycles. The Hall–Kier alpha value is -1.79. The second kappa shape index (κ2) is 4.96. The van der Waals surface area contributed by atoms with Crippen molar-refractivity contribution in [3.63, 3.8) is 0 Å². The number of pyridine rings is 1. The van der Waals surface area contributed by atoms with Crippen molar-refractivity contribution in [2.45, 2.75) is 32.3 Å². The zero-order valence-electron chi connectivity index (χ0n) is 11.7. The molecule has 0 aliphatic carbocycles. The van der Waals surface area contributed by atoms with E-state index in [0.29, 0.717) is 24.5 Å². The van der Waals surface area contributed by atoms with Crippen molar-refractivity contribution >= 4 is 0 Å². The maximum atomic E-state index is 10.5. The van der Waals surface area contributed by atoms with Gasteiger partial charge in [0.25, 0.3) is 5.89 Å². The summed E-state index contributed by atoms with van der Waals surface area (Å²) in [6.07, 6.45) is 3.28. The van der Waals surface area contributed by atoms with Crippen LogP contribution < -0.4 is 5.32 Å². The van der Waals surface area contributed by atoms with Gasteiger partial charge in [0, 0.05) is 12.7 Å². The van der Waals surface area contributed by atoms with Crippen LogP contribution in [0.2, 0.25) is 0 Å². The zero-order valence-corrected chi connectivity index (χ0v) is 11.7. The van der Waals surface area contributed by atoms with Crippen molar-refractivity contribution in [3.05, 3.63) is 29.3 Å². The predicted octanol–water partition coefficient (Wildman–Crippen LogP) is 1.32. The summed E-state index contributed by atoms with van der Waals surface area (Å²) < 4.78 is 5.26. The Morgan fingerprint density at radius 2 is 2.25 bits per heavy atom. The van der Waals surface area contributed by atoms with Crippen molar-refractivity contribution < 1.29 is 9.63 Å². The molecule has 106 valence electrons. The lowest BCUT2D eigenvalue weighted by Gasteiger charge is -2.28. The average molecular weight is 274 g/mol. The van der Waals surface area contributed by atoms with Crippen LogP contribution in [0.15, 0.2) is 16.8 Å². The highest BCUT2D eigenvalue weighted by molar-refractivity contribution is 5.54. The Bertz CT molecular complexity index is 617. The highest BCUT2D eigenvalue weighted by Gasteiger charge is 2.37. The van der Waals surface area contributed by atoms with Gasteiger partial charge in [-0.3, -0.25) is 4.98 Å². The van der Waals surface area contributed by atoms with E-state index >= 15 is 0 Å². The van der Waals surface area contributed by atoms with Crippen molar-refractivity contribution in [2.75, 3.05) is 13.1 Å². The molecule has 3 rings (SSSR count). The van der Waals surface area contributed by atoms with Gasteiger partial charge in [-0.05, 0) is 44.4 Å². The maximum Gasteiger partial charge on any atom is 0.260 e. The molecule has 6 heteroatoms. The van der Waals surface area contributed by atoms with Gasteiger partial charge in [0.05, 0.1) is 0 Å². The van der Waals surface area contributed by atoms with E-state index in [0.717, 1.165) is 24.1 Å². The number of aryl methyl sites for hydroxylation is 2. The number of hydrogen-bond donors (Lipinski definition) is 2. The molecular formula is C14H18N4O2.